The minimum Gasteiger partial charge on any atom is -0.497 e. The van der Waals surface area contributed by atoms with E-state index in [-0.39, 0.29) is 0 Å². The number of rotatable bonds is 6. The molecule has 1 aromatic heterocycles. The zero-order chi connectivity index (χ0) is 20.9. The quantitative estimate of drug-likeness (QED) is 0.404. The van der Waals surface area contributed by atoms with Crippen molar-refractivity contribution in [1.29, 1.82) is 0 Å². The highest BCUT2D eigenvalue weighted by Gasteiger charge is 2.24. The fourth-order valence-electron chi connectivity index (χ4n) is 2.94. The first-order valence-corrected chi connectivity index (χ1v) is 9.35. The van der Waals surface area contributed by atoms with Crippen molar-refractivity contribution in [1.82, 2.24) is 9.97 Å². The first-order valence-electron chi connectivity index (χ1n) is 9.35. The Morgan fingerprint density at radius 3 is 1.17 bits per heavy atom. The van der Waals surface area contributed by atoms with Gasteiger partial charge < -0.3 is 14.2 Å². The Labute approximate surface area is 174 Å². The average molecular weight is 401 g/mol. The van der Waals surface area contributed by atoms with E-state index in [0.717, 1.165) is 33.9 Å². The molecule has 4 aromatic rings. The zero-order valence-corrected chi connectivity index (χ0v) is 17.0. The Balaban J connectivity index is 1.83. The molecule has 0 radical (unpaired) electrons. The van der Waals surface area contributed by atoms with E-state index >= 15 is 0 Å². The Bertz CT molecular complexity index is 967. The molecule has 0 atom stereocenters. The number of benzene rings is 3. The van der Waals surface area contributed by atoms with Crippen LogP contribution in [0.5, 0.6) is 17.2 Å². The molecule has 0 fully saturated rings. The molecule has 4 rings (SSSR count). The van der Waals surface area contributed by atoms with E-state index in [9.17, 15) is 0 Å². The molecule has 0 aliphatic rings. The molecule has 0 aliphatic heterocycles. The molecule has 0 aliphatic carbocycles. The van der Waals surface area contributed by atoms with E-state index in [1.807, 2.05) is 72.8 Å². The number of methoxy groups -OCH3 is 3. The number of hydrogen-bond acceptors (Lipinski definition) is 5. The minimum atomic E-state index is 0.462. The van der Waals surface area contributed by atoms with Crippen LogP contribution in [0.15, 0.2) is 77.2 Å². The maximum Gasteiger partial charge on any atom is 0.464 e. The summed E-state index contributed by atoms with van der Waals surface area (Å²) in [5, 5.41) is 0. The largest absolute Gasteiger partial charge is 0.497 e. The van der Waals surface area contributed by atoms with E-state index in [1.165, 1.54) is 0 Å². The van der Waals surface area contributed by atoms with Gasteiger partial charge in [0.25, 0.3) is 0 Å². The van der Waals surface area contributed by atoms with Crippen molar-refractivity contribution in [3.63, 3.8) is 0 Å². The van der Waals surface area contributed by atoms with Crippen molar-refractivity contribution in [2.24, 2.45) is 0 Å². The molecular weight excluding hydrogens is 380 g/mol. The van der Waals surface area contributed by atoms with Crippen molar-refractivity contribution in [2.45, 2.75) is 0 Å². The van der Waals surface area contributed by atoms with Gasteiger partial charge in [-0.1, -0.05) is 0 Å². The van der Waals surface area contributed by atoms with Crippen LogP contribution in [0.2, 0.25) is 0 Å². The zero-order valence-electron chi connectivity index (χ0n) is 17.0. The SMILES string of the molecule is COc1ccc(-c2nc(-c3ccc(OC)cc3)[o+]c(-c3ccc(OC)cc3)n2)cc1. The second-order valence-corrected chi connectivity index (χ2v) is 6.45. The minimum absolute atomic E-state index is 0.462. The lowest BCUT2D eigenvalue weighted by Gasteiger charge is -2.03. The van der Waals surface area contributed by atoms with Gasteiger partial charge >= 0.3 is 11.8 Å². The topological polar surface area (TPSA) is 64.8 Å². The Morgan fingerprint density at radius 1 is 0.500 bits per heavy atom. The second kappa shape index (κ2) is 8.61. The molecule has 0 unspecified atom stereocenters. The van der Waals surface area contributed by atoms with Crippen LogP contribution in [0, 0.1) is 0 Å². The molecule has 3 aromatic carbocycles. The molecule has 0 saturated carbocycles. The van der Waals surface area contributed by atoms with Crippen molar-refractivity contribution in [2.75, 3.05) is 21.3 Å². The van der Waals surface area contributed by atoms with Gasteiger partial charge in [-0.25, -0.2) is 0 Å². The van der Waals surface area contributed by atoms with E-state index in [4.69, 9.17) is 18.6 Å². The number of hydrogen-bond donors (Lipinski definition) is 0. The molecule has 6 heteroatoms. The second-order valence-electron chi connectivity index (χ2n) is 6.45. The Kier molecular flexibility index (Phi) is 5.57. The summed E-state index contributed by atoms with van der Waals surface area (Å²) in [6.07, 6.45) is 0. The molecule has 150 valence electrons. The van der Waals surface area contributed by atoms with Crippen molar-refractivity contribution in [3.05, 3.63) is 72.8 Å². The predicted octanol–water partition coefficient (Wildman–Crippen LogP) is 5.38. The molecule has 30 heavy (non-hydrogen) atoms. The van der Waals surface area contributed by atoms with Crippen LogP contribution in [0.1, 0.15) is 0 Å². The standard InChI is InChI=1S/C24H21N2O4/c1-27-19-10-4-16(5-11-19)22-25-23(17-6-12-20(28-2)13-7-17)30-24(26-22)18-8-14-21(29-3)15-9-18/h4-15H,1-3H3/q+1. The van der Waals surface area contributed by atoms with E-state index in [1.54, 1.807) is 21.3 Å². The van der Waals surface area contributed by atoms with Crippen LogP contribution < -0.4 is 14.2 Å². The number of nitrogens with zero attached hydrogens (tertiary/aromatic N) is 2. The summed E-state index contributed by atoms with van der Waals surface area (Å²) in [5.74, 6) is 3.77. The number of ether oxygens (including phenoxy) is 3. The van der Waals surface area contributed by atoms with Gasteiger partial charge in [0.2, 0.25) is 0 Å². The summed E-state index contributed by atoms with van der Waals surface area (Å²) in [5.41, 5.74) is 2.50. The maximum atomic E-state index is 6.08. The fraction of sp³-hybridized carbons (Fsp3) is 0.125. The van der Waals surface area contributed by atoms with E-state index in [2.05, 4.69) is 9.97 Å². The van der Waals surface area contributed by atoms with Gasteiger partial charge in [0.15, 0.2) is 5.82 Å². The van der Waals surface area contributed by atoms with Crippen LogP contribution in [-0.2, 0) is 0 Å². The summed E-state index contributed by atoms with van der Waals surface area (Å²) in [6.45, 7) is 0. The van der Waals surface area contributed by atoms with Gasteiger partial charge in [-0.3, -0.25) is 0 Å². The average Bonchev–Trinajstić information content (AvgIpc) is 2.84. The summed E-state index contributed by atoms with van der Waals surface area (Å²) >= 11 is 0. The Hall–Kier alpha value is -3.93. The van der Waals surface area contributed by atoms with Gasteiger partial charge in [-0.15, -0.1) is 9.97 Å². The summed E-state index contributed by atoms with van der Waals surface area (Å²) in [6, 6.07) is 22.7. The van der Waals surface area contributed by atoms with E-state index < -0.39 is 0 Å². The lowest BCUT2D eigenvalue weighted by molar-refractivity contribution is 0.414. The van der Waals surface area contributed by atoms with Gasteiger partial charge in [0, 0.05) is 5.56 Å². The van der Waals surface area contributed by atoms with Crippen LogP contribution in [-0.4, -0.2) is 31.3 Å². The lowest BCUT2D eigenvalue weighted by atomic mass is 10.1. The van der Waals surface area contributed by atoms with Crippen LogP contribution in [0.3, 0.4) is 0 Å². The summed E-state index contributed by atoms with van der Waals surface area (Å²) in [7, 11) is 4.90. The summed E-state index contributed by atoms with van der Waals surface area (Å²) in [4.78, 5) is 9.32. The maximum absolute atomic E-state index is 6.08. The first-order chi connectivity index (χ1) is 14.7. The fourth-order valence-corrected chi connectivity index (χ4v) is 2.94. The van der Waals surface area contributed by atoms with Crippen LogP contribution in [0.25, 0.3) is 34.3 Å². The predicted molar refractivity (Wildman–Crippen MR) is 115 cm³/mol. The highest BCUT2D eigenvalue weighted by molar-refractivity contribution is 5.65. The smallest absolute Gasteiger partial charge is 0.464 e. The van der Waals surface area contributed by atoms with Crippen LogP contribution >= 0.6 is 0 Å². The van der Waals surface area contributed by atoms with Gasteiger partial charge in [-0.2, -0.15) is 4.42 Å². The molecule has 1 heterocycles. The van der Waals surface area contributed by atoms with Crippen LogP contribution in [0.4, 0.5) is 0 Å². The molecule has 6 nitrogen and oxygen atoms in total. The third kappa shape index (κ3) is 4.07. The van der Waals surface area contributed by atoms with Crippen molar-refractivity contribution < 1.29 is 18.6 Å². The molecule has 0 amide bonds. The van der Waals surface area contributed by atoms with E-state index in [0.29, 0.717) is 17.6 Å². The highest BCUT2D eigenvalue weighted by Crippen LogP contribution is 2.29. The molecule has 0 saturated heterocycles. The van der Waals surface area contributed by atoms with Crippen molar-refractivity contribution >= 4 is 0 Å². The van der Waals surface area contributed by atoms with Gasteiger partial charge in [-0.05, 0) is 72.8 Å². The highest BCUT2D eigenvalue weighted by atomic mass is 16.5. The van der Waals surface area contributed by atoms with Crippen molar-refractivity contribution in [3.8, 4) is 51.5 Å². The molecule has 0 N–H and O–H groups in total. The Morgan fingerprint density at radius 2 is 0.833 bits per heavy atom. The number of aromatic nitrogens is 2. The normalized spacial score (nSPS) is 10.5. The molecule has 0 spiro atoms. The third-order valence-electron chi connectivity index (χ3n) is 4.63. The molecular formula is C24H21N2O4+. The van der Waals surface area contributed by atoms with Gasteiger partial charge in [0.05, 0.1) is 21.3 Å². The first kappa shape index (κ1) is 19.4. The third-order valence-corrected chi connectivity index (χ3v) is 4.63. The molecule has 0 bridgehead atoms. The monoisotopic (exact) mass is 401 g/mol. The lowest BCUT2D eigenvalue weighted by Crippen LogP contribution is -1.96. The summed E-state index contributed by atoms with van der Waals surface area (Å²) < 4.78 is 21.8. The van der Waals surface area contributed by atoms with Gasteiger partial charge in [0.1, 0.15) is 28.4 Å².